The Balaban J connectivity index is 1.97. The number of aliphatic carboxylic acids is 1. The van der Waals surface area contributed by atoms with Crippen LogP contribution >= 0.6 is 0 Å². The lowest BCUT2D eigenvalue weighted by atomic mass is 10.0. The molecule has 26 heavy (non-hydrogen) atoms. The molecule has 0 bridgehead atoms. The number of rotatable bonds is 10. The maximum atomic E-state index is 12.1. The second-order valence-corrected chi connectivity index (χ2v) is 5.72. The first-order chi connectivity index (χ1) is 12.6. The minimum Gasteiger partial charge on any atom is -0.550 e. The Bertz CT molecular complexity index is 700. The molecule has 0 aliphatic rings. The molecule has 2 aromatic carbocycles. The van der Waals surface area contributed by atoms with Crippen molar-refractivity contribution in [1.29, 1.82) is 0 Å². The molecule has 2 aromatic rings. The van der Waals surface area contributed by atoms with Crippen molar-refractivity contribution in [3.63, 3.8) is 0 Å². The van der Waals surface area contributed by atoms with Crippen molar-refractivity contribution in [3.05, 3.63) is 60.2 Å². The van der Waals surface area contributed by atoms with Crippen LogP contribution in [0.3, 0.4) is 0 Å². The summed E-state index contributed by atoms with van der Waals surface area (Å²) < 4.78 is 10.9. The summed E-state index contributed by atoms with van der Waals surface area (Å²) in [5.41, 5.74) is 0.658. The number of carbonyl (C=O) groups is 2. The zero-order valence-corrected chi connectivity index (χ0v) is 14.6. The number of benzene rings is 2. The summed E-state index contributed by atoms with van der Waals surface area (Å²) in [4.78, 5) is 23.1. The normalized spacial score (nSPS) is 11.4. The molecule has 0 aliphatic carbocycles. The van der Waals surface area contributed by atoms with Crippen LogP contribution in [0.5, 0.6) is 11.5 Å². The van der Waals surface area contributed by atoms with Crippen LogP contribution in [0.2, 0.25) is 0 Å². The molecule has 0 radical (unpaired) electrons. The van der Waals surface area contributed by atoms with Gasteiger partial charge in [0, 0.05) is 12.4 Å². The highest BCUT2D eigenvalue weighted by atomic mass is 16.5. The van der Waals surface area contributed by atoms with Gasteiger partial charge in [0.15, 0.2) is 6.61 Å². The highest BCUT2D eigenvalue weighted by Gasteiger charge is 2.15. The van der Waals surface area contributed by atoms with Crippen molar-refractivity contribution in [2.24, 2.45) is 0 Å². The van der Waals surface area contributed by atoms with Crippen molar-refractivity contribution in [1.82, 2.24) is 5.32 Å². The maximum absolute atomic E-state index is 12.1. The molecule has 2 rings (SSSR count). The van der Waals surface area contributed by atoms with Crippen LogP contribution in [0, 0.1) is 0 Å². The minimum atomic E-state index is -1.24. The SMILES string of the molecule is CCCOc1ccc([C@H](CC(=O)[O-])NC(=O)COc2ccccc2)cc1. The summed E-state index contributed by atoms with van der Waals surface area (Å²) in [5, 5.41) is 13.7. The van der Waals surface area contributed by atoms with E-state index in [1.165, 1.54) is 0 Å². The smallest absolute Gasteiger partial charge is 0.258 e. The molecule has 0 saturated carbocycles. The van der Waals surface area contributed by atoms with Gasteiger partial charge in [0.1, 0.15) is 11.5 Å². The lowest BCUT2D eigenvalue weighted by molar-refractivity contribution is -0.306. The summed E-state index contributed by atoms with van der Waals surface area (Å²) in [7, 11) is 0. The molecule has 1 atom stereocenters. The average molecular weight is 356 g/mol. The fraction of sp³-hybridized carbons (Fsp3) is 0.300. The molecule has 1 amide bonds. The first-order valence-electron chi connectivity index (χ1n) is 8.48. The third-order valence-corrected chi connectivity index (χ3v) is 3.57. The van der Waals surface area contributed by atoms with Gasteiger partial charge in [0.25, 0.3) is 5.91 Å². The molecule has 0 heterocycles. The zero-order valence-electron chi connectivity index (χ0n) is 14.6. The van der Waals surface area contributed by atoms with E-state index in [0.29, 0.717) is 23.7 Å². The monoisotopic (exact) mass is 356 g/mol. The van der Waals surface area contributed by atoms with E-state index in [-0.39, 0.29) is 13.0 Å². The van der Waals surface area contributed by atoms with Gasteiger partial charge < -0.3 is 24.7 Å². The quantitative estimate of drug-likeness (QED) is 0.702. The third kappa shape index (κ3) is 6.47. The Morgan fingerprint density at radius 1 is 1.00 bits per heavy atom. The van der Waals surface area contributed by atoms with E-state index in [0.717, 1.165) is 6.42 Å². The Kier molecular flexibility index (Phi) is 7.49. The standard InChI is InChI=1S/C20H23NO5/c1-2-12-25-17-10-8-15(9-11-17)18(13-20(23)24)21-19(22)14-26-16-6-4-3-5-7-16/h3-11,18H,2,12-14H2,1H3,(H,21,22)(H,23,24)/p-1/t18-/m0/s1. The fourth-order valence-corrected chi connectivity index (χ4v) is 2.34. The number of hydrogen-bond acceptors (Lipinski definition) is 5. The number of ether oxygens (including phenoxy) is 2. The molecule has 6 heteroatoms. The van der Waals surface area contributed by atoms with Crippen LogP contribution in [0.1, 0.15) is 31.4 Å². The summed E-state index contributed by atoms with van der Waals surface area (Å²) >= 11 is 0. The number of nitrogens with one attached hydrogen (secondary N) is 1. The van der Waals surface area contributed by atoms with Crippen LogP contribution in [-0.4, -0.2) is 25.1 Å². The van der Waals surface area contributed by atoms with Gasteiger partial charge in [-0.1, -0.05) is 37.3 Å². The summed E-state index contributed by atoms with van der Waals surface area (Å²) in [6.07, 6.45) is 0.568. The molecule has 1 N–H and O–H groups in total. The van der Waals surface area contributed by atoms with Crippen molar-refractivity contribution < 1.29 is 24.2 Å². The van der Waals surface area contributed by atoms with Gasteiger partial charge in [-0.2, -0.15) is 0 Å². The Morgan fingerprint density at radius 3 is 2.27 bits per heavy atom. The van der Waals surface area contributed by atoms with Gasteiger partial charge in [0.05, 0.1) is 12.6 Å². The summed E-state index contributed by atoms with van der Waals surface area (Å²) in [6, 6.07) is 15.2. The second kappa shape index (κ2) is 10.1. The Labute approximate surface area is 152 Å². The van der Waals surface area contributed by atoms with Crippen LogP contribution in [0.15, 0.2) is 54.6 Å². The second-order valence-electron chi connectivity index (χ2n) is 5.72. The third-order valence-electron chi connectivity index (χ3n) is 3.57. The number of carboxylic acids is 1. The first kappa shape index (κ1) is 19.3. The Morgan fingerprint density at radius 2 is 1.65 bits per heavy atom. The van der Waals surface area contributed by atoms with Gasteiger partial charge in [-0.25, -0.2) is 0 Å². The van der Waals surface area contributed by atoms with Crippen LogP contribution in [-0.2, 0) is 9.59 Å². The largest absolute Gasteiger partial charge is 0.550 e. The van der Waals surface area contributed by atoms with Crippen LogP contribution < -0.4 is 19.9 Å². The zero-order chi connectivity index (χ0) is 18.8. The van der Waals surface area contributed by atoms with E-state index in [9.17, 15) is 14.7 Å². The molecule has 0 spiro atoms. The molecule has 0 saturated heterocycles. The number of para-hydroxylation sites is 1. The number of carboxylic acid groups (broad SMARTS) is 1. The average Bonchev–Trinajstić information content (AvgIpc) is 2.65. The van der Waals surface area contributed by atoms with Crippen molar-refractivity contribution in [2.75, 3.05) is 13.2 Å². The minimum absolute atomic E-state index is 0.203. The van der Waals surface area contributed by atoms with E-state index in [2.05, 4.69) is 5.32 Å². The van der Waals surface area contributed by atoms with Gasteiger partial charge in [0.2, 0.25) is 0 Å². The highest BCUT2D eigenvalue weighted by Crippen LogP contribution is 2.20. The number of carbonyl (C=O) groups excluding carboxylic acids is 2. The van der Waals surface area contributed by atoms with Crippen molar-refractivity contribution >= 4 is 11.9 Å². The van der Waals surface area contributed by atoms with Gasteiger partial charge in [-0.15, -0.1) is 0 Å². The lowest BCUT2D eigenvalue weighted by Crippen LogP contribution is -2.36. The molecule has 6 nitrogen and oxygen atoms in total. The van der Waals surface area contributed by atoms with E-state index in [1.54, 1.807) is 48.5 Å². The molecule has 0 aromatic heterocycles. The van der Waals surface area contributed by atoms with Crippen molar-refractivity contribution in [2.45, 2.75) is 25.8 Å². The summed E-state index contributed by atoms with van der Waals surface area (Å²) in [5.74, 6) is -0.393. The van der Waals surface area contributed by atoms with Gasteiger partial charge in [-0.05, 0) is 36.2 Å². The molecule has 0 aliphatic heterocycles. The Hall–Kier alpha value is -3.02. The molecular formula is C20H22NO5-. The molecule has 0 unspecified atom stereocenters. The van der Waals surface area contributed by atoms with Gasteiger partial charge in [-0.3, -0.25) is 4.79 Å². The van der Waals surface area contributed by atoms with Crippen molar-refractivity contribution in [3.8, 4) is 11.5 Å². The predicted octanol–water partition coefficient (Wildman–Crippen LogP) is 1.85. The maximum Gasteiger partial charge on any atom is 0.258 e. The van der Waals surface area contributed by atoms with E-state index in [1.807, 2.05) is 13.0 Å². The van der Waals surface area contributed by atoms with E-state index in [4.69, 9.17) is 9.47 Å². The van der Waals surface area contributed by atoms with E-state index >= 15 is 0 Å². The van der Waals surface area contributed by atoms with Crippen LogP contribution in [0.25, 0.3) is 0 Å². The number of hydrogen-bond donors (Lipinski definition) is 1. The van der Waals surface area contributed by atoms with E-state index < -0.39 is 17.9 Å². The van der Waals surface area contributed by atoms with Gasteiger partial charge >= 0.3 is 0 Å². The first-order valence-corrected chi connectivity index (χ1v) is 8.48. The highest BCUT2D eigenvalue weighted by molar-refractivity contribution is 5.79. The predicted molar refractivity (Wildman–Crippen MR) is 94.7 cm³/mol. The fourth-order valence-electron chi connectivity index (χ4n) is 2.34. The lowest BCUT2D eigenvalue weighted by Gasteiger charge is -2.20. The molecule has 138 valence electrons. The summed E-state index contributed by atoms with van der Waals surface area (Å²) in [6.45, 7) is 2.41. The van der Waals surface area contributed by atoms with Crippen LogP contribution in [0.4, 0.5) is 0 Å². The molecule has 0 fully saturated rings. The topological polar surface area (TPSA) is 87.7 Å². The number of amides is 1. The molecular weight excluding hydrogens is 334 g/mol.